The van der Waals surface area contributed by atoms with Gasteiger partial charge in [-0.05, 0) is 12.1 Å². The average molecular weight is 355 g/mol. The van der Waals surface area contributed by atoms with Gasteiger partial charge in [0.15, 0.2) is 5.78 Å². The zero-order valence-electron chi connectivity index (χ0n) is 14.3. The first kappa shape index (κ1) is 18.9. The largest absolute Gasteiger partial charge is 0.465 e. The van der Waals surface area contributed by atoms with Gasteiger partial charge in [0, 0.05) is 5.56 Å². The summed E-state index contributed by atoms with van der Waals surface area (Å²) in [6, 6.07) is 12.7. The second-order valence-electron chi connectivity index (χ2n) is 5.23. The number of hydrogen-bond donors (Lipinski definition) is 1. The summed E-state index contributed by atoms with van der Waals surface area (Å²) < 4.78 is 9.32. The number of anilines is 1. The quantitative estimate of drug-likeness (QED) is 0.485. The van der Waals surface area contributed by atoms with Crippen LogP contribution >= 0.6 is 0 Å². The molecule has 2 aromatic rings. The van der Waals surface area contributed by atoms with Crippen LogP contribution in [-0.2, 0) is 14.3 Å². The van der Waals surface area contributed by atoms with Crippen LogP contribution < -0.4 is 5.32 Å². The Balaban J connectivity index is 2.25. The Bertz CT molecular complexity index is 844. The number of amides is 1. The summed E-state index contributed by atoms with van der Waals surface area (Å²) in [6.07, 6.45) is -0.410. The van der Waals surface area contributed by atoms with Gasteiger partial charge in [0.2, 0.25) is 5.91 Å². The number of ketones is 1. The zero-order chi connectivity index (χ0) is 19.1. The van der Waals surface area contributed by atoms with Gasteiger partial charge in [-0.25, -0.2) is 9.59 Å². The fraction of sp³-hybridized carbons (Fsp3) is 0.158. The molecule has 2 aromatic carbocycles. The lowest BCUT2D eigenvalue weighted by Crippen LogP contribution is -2.20. The third-order valence-corrected chi connectivity index (χ3v) is 3.55. The van der Waals surface area contributed by atoms with Crippen LogP contribution in [0.3, 0.4) is 0 Å². The first-order valence-electron chi connectivity index (χ1n) is 7.65. The minimum absolute atomic E-state index is 0.0495. The molecule has 1 N–H and O–H groups in total. The summed E-state index contributed by atoms with van der Waals surface area (Å²) in [5.41, 5.74) is 0.277. The van der Waals surface area contributed by atoms with E-state index in [0.29, 0.717) is 5.56 Å². The van der Waals surface area contributed by atoms with E-state index in [0.717, 1.165) is 7.11 Å². The number of ether oxygens (including phenoxy) is 2. The van der Waals surface area contributed by atoms with Crippen molar-refractivity contribution in [2.24, 2.45) is 0 Å². The Labute approximate surface area is 149 Å². The van der Waals surface area contributed by atoms with Gasteiger partial charge in [0.1, 0.15) is 0 Å². The highest BCUT2D eigenvalue weighted by Gasteiger charge is 2.23. The van der Waals surface area contributed by atoms with Gasteiger partial charge in [-0.2, -0.15) is 0 Å². The first-order chi connectivity index (χ1) is 12.5. The van der Waals surface area contributed by atoms with Gasteiger partial charge >= 0.3 is 11.9 Å². The summed E-state index contributed by atoms with van der Waals surface area (Å²) in [5.74, 6) is -2.55. The van der Waals surface area contributed by atoms with Crippen molar-refractivity contribution in [2.45, 2.75) is 6.42 Å². The number of benzene rings is 2. The maximum atomic E-state index is 12.2. The predicted molar refractivity (Wildman–Crippen MR) is 93.1 cm³/mol. The highest BCUT2D eigenvalue weighted by Crippen LogP contribution is 2.22. The lowest BCUT2D eigenvalue weighted by molar-refractivity contribution is -0.115. The fourth-order valence-electron chi connectivity index (χ4n) is 2.32. The highest BCUT2D eigenvalue weighted by molar-refractivity contribution is 6.14. The third-order valence-electron chi connectivity index (χ3n) is 3.55. The van der Waals surface area contributed by atoms with Crippen LogP contribution in [0.4, 0.5) is 5.69 Å². The number of rotatable bonds is 6. The van der Waals surface area contributed by atoms with Crippen LogP contribution in [0, 0.1) is 0 Å². The number of esters is 2. The Kier molecular flexibility index (Phi) is 6.21. The fourth-order valence-corrected chi connectivity index (χ4v) is 2.32. The molecule has 0 saturated heterocycles. The van der Waals surface area contributed by atoms with Gasteiger partial charge in [-0.3, -0.25) is 9.59 Å². The van der Waals surface area contributed by atoms with E-state index in [4.69, 9.17) is 0 Å². The molecule has 0 aliphatic carbocycles. The maximum Gasteiger partial charge on any atom is 0.340 e. The number of nitrogens with one attached hydrogen (secondary N) is 1. The number of carbonyl (C=O) groups is 4. The highest BCUT2D eigenvalue weighted by atomic mass is 16.5. The van der Waals surface area contributed by atoms with E-state index in [-0.39, 0.29) is 22.6 Å². The minimum atomic E-state index is -0.810. The van der Waals surface area contributed by atoms with Gasteiger partial charge < -0.3 is 14.8 Å². The van der Waals surface area contributed by atoms with Gasteiger partial charge in [-0.1, -0.05) is 36.4 Å². The monoisotopic (exact) mass is 355 g/mol. The molecule has 134 valence electrons. The van der Waals surface area contributed by atoms with Crippen molar-refractivity contribution in [2.75, 3.05) is 19.5 Å². The van der Waals surface area contributed by atoms with Gasteiger partial charge in [-0.15, -0.1) is 0 Å². The summed E-state index contributed by atoms with van der Waals surface area (Å²) in [4.78, 5) is 48.2. The Hall–Kier alpha value is -3.48. The van der Waals surface area contributed by atoms with E-state index in [1.165, 1.54) is 25.3 Å². The molecule has 1 amide bonds. The van der Waals surface area contributed by atoms with E-state index in [1.54, 1.807) is 30.3 Å². The SMILES string of the molecule is COC(=O)c1cccc(NC(=O)CC(=O)c2ccccc2)c1C(=O)OC. The maximum absolute atomic E-state index is 12.2. The zero-order valence-corrected chi connectivity index (χ0v) is 14.3. The van der Waals surface area contributed by atoms with Crippen LogP contribution in [0.2, 0.25) is 0 Å². The summed E-state index contributed by atoms with van der Waals surface area (Å²) in [6.45, 7) is 0. The Morgan fingerprint density at radius 3 is 2.12 bits per heavy atom. The van der Waals surface area contributed by atoms with Crippen molar-refractivity contribution in [3.05, 3.63) is 65.2 Å². The van der Waals surface area contributed by atoms with Crippen molar-refractivity contribution >= 4 is 29.3 Å². The molecule has 26 heavy (non-hydrogen) atoms. The lowest BCUT2D eigenvalue weighted by atomic mass is 10.0. The molecule has 0 saturated carbocycles. The van der Waals surface area contributed by atoms with Crippen LogP contribution in [0.15, 0.2) is 48.5 Å². The molecule has 0 atom stereocenters. The molecule has 0 fully saturated rings. The lowest BCUT2D eigenvalue weighted by Gasteiger charge is -2.13. The smallest absolute Gasteiger partial charge is 0.340 e. The third kappa shape index (κ3) is 4.32. The van der Waals surface area contributed by atoms with Crippen molar-refractivity contribution in [1.29, 1.82) is 0 Å². The molecular formula is C19H17NO6. The van der Waals surface area contributed by atoms with Crippen molar-refractivity contribution in [3.8, 4) is 0 Å². The van der Waals surface area contributed by atoms with Crippen LogP contribution in [0.1, 0.15) is 37.5 Å². The summed E-state index contributed by atoms with van der Waals surface area (Å²) in [7, 11) is 2.33. The number of methoxy groups -OCH3 is 2. The topological polar surface area (TPSA) is 98.8 Å². The molecule has 0 bridgehead atoms. The summed E-state index contributed by atoms with van der Waals surface area (Å²) in [5, 5.41) is 2.48. The van der Waals surface area contributed by atoms with E-state index in [2.05, 4.69) is 14.8 Å². The van der Waals surface area contributed by atoms with Crippen molar-refractivity contribution in [3.63, 3.8) is 0 Å². The van der Waals surface area contributed by atoms with Crippen LogP contribution in [0.25, 0.3) is 0 Å². The second-order valence-corrected chi connectivity index (χ2v) is 5.23. The normalized spacial score (nSPS) is 9.92. The minimum Gasteiger partial charge on any atom is -0.465 e. The van der Waals surface area contributed by atoms with E-state index in [9.17, 15) is 19.2 Å². The van der Waals surface area contributed by atoms with Crippen LogP contribution in [-0.4, -0.2) is 37.8 Å². The molecule has 0 aliphatic rings. The molecule has 0 spiro atoms. The molecular weight excluding hydrogens is 338 g/mol. The number of carbonyl (C=O) groups excluding carboxylic acids is 4. The Morgan fingerprint density at radius 2 is 1.50 bits per heavy atom. The number of Topliss-reactive ketones (excluding diaryl/α,β-unsaturated/α-hetero) is 1. The molecule has 2 rings (SSSR count). The molecule has 7 heteroatoms. The second kappa shape index (κ2) is 8.57. The van der Waals surface area contributed by atoms with E-state index < -0.39 is 24.3 Å². The van der Waals surface area contributed by atoms with Gasteiger partial charge in [0.05, 0.1) is 37.5 Å². The van der Waals surface area contributed by atoms with Crippen molar-refractivity contribution < 1.29 is 28.7 Å². The molecule has 7 nitrogen and oxygen atoms in total. The summed E-state index contributed by atoms with van der Waals surface area (Å²) >= 11 is 0. The van der Waals surface area contributed by atoms with Crippen molar-refractivity contribution in [1.82, 2.24) is 0 Å². The molecule has 0 aliphatic heterocycles. The molecule has 0 radical (unpaired) electrons. The average Bonchev–Trinajstić information content (AvgIpc) is 2.67. The van der Waals surface area contributed by atoms with Gasteiger partial charge in [0.25, 0.3) is 0 Å². The predicted octanol–water partition coefficient (Wildman–Crippen LogP) is 2.47. The number of hydrogen-bond acceptors (Lipinski definition) is 6. The van der Waals surface area contributed by atoms with E-state index in [1.807, 2.05) is 0 Å². The standard InChI is InChI=1S/C19H17NO6/c1-25-18(23)13-9-6-10-14(17(13)19(24)26-2)20-16(22)11-15(21)12-7-4-3-5-8-12/h3-10H,11H2,1-2H3,(H,20,22). The molecule has 0 unspecified atom stereocenters. The Morgan fingerprint density at radius 1 is 0.846 bits per heavy atom. The molecule has 0 aromatic heterocycles. The molecule has 0 heterocycles. The van der Waals surface area contributed by atoms with E-state index >= 15 is 0 Å². The first-order valence-corrected chi connectivity index (χ1v) is 7.65. The van der Waals surface area contributed by atoms with Crippen LogP contribution in [0.5, 0.6) is 0 Å².